The molecule has 5 heterocycles. The quantitative estimate of drug-likeness (QED) is 0.729. The molecule has 2 amide bonds. The molecule has 1 unspecified atom stereocenters. The maximum Gasteiger partial charge on any atom is 0.317 e. The Hall–Kier alpha value is -2.90. The van der Waals surface area contributed by atoms with E-state index >= 15 is 0 Å². The molecule has 5 rings (SSSR count). The van der Waals surface area contributed by atoms with Gasteiger partial charge in [-0.05, 0) is 38.3 Å². The number of imidazole rings is 1. The van der Waals surface area contributed by atoms with Gasteiger partial charge in [0.1, 0.15) is 0 Å². The van der Waals surface area contributed by atoms with Gasteiger partial charge in [-0.2, -0.15) is 5.10 Å². The van der Waals surface area contributed by atoms with Crippen molar-refractivity contribution in [2.24, 2.45) is 0 Å². The molecule has 2 aliphatic rings. The van der Waals surface area contributed by atoms with Crippen LogP contribution in [0.25, 0.3) is 22.4 Å². The van der Waals surface area contributed by atoms with Crippen LogP contribution in [0.4, 0.5) is 4.79 Å². The summed E-state index contributed by atoms with van der Waals surface area (Å²) < 4.78 is 2.14. The van der Waals surface area contributed by atoms with Crippen LogP contribution in [0.3, 0.4) is 0 Å². The van der Waals surface area contributed by atoms with Crippen molar-refractivity contribution in [3.63, 3.8) is 0 Å². The molecular weight excluding hydrogens is 342 g/mol. The number of carbonyl (C=O) groups is 1. The second-order valence-corrected chi connectivity index (χ2v) is 7.53. The number of likely N-dealkylation sites (tertiary alicyclic amines) is 1. The highest BCUT2D eigenvalue weighted by molar-refractivity contribution is 5.77. The van der Waals surface area contributed by atoms with Gasteiger partial charge in [-0.15, -0.1) is 0 Å². The molecular formula is C19H23N7O. The first-order chi connectivity index (χ1) is 13.2. The average Bonchev–Trinajstić information content (AvgIpc) is 3.40. The first-order valence-electron chi connectivity index (χ1n) is 9.59. The molecule has 140 valence electrons. The van der Waals surface area contributed by atoms with E-state index in [-0.39, 0.29) is 11.4 Å². The Balaban J connectivity index is 1.49. The zero-order valence-corrected chi connectivity index (χ0v) is 15.4. The van der Waals surface area contributed by atoms with E-state index in [2.05, 4.69) is 31.0 Å². The Kier molecular flexibility index (Phi) is 3.66. The standard InChI is InChI=1S/C19H23N7O/c1-2-20-18(27)25-7-5-19(11-25)4-3-6-26-16(19)9-14(24-26)13-8-15-17(21-10-13)23-12-22-15/h8-10,12H,2-7,11H2,1H3,(H,20,27)(H,21,22,23). The van der Waals surface area contributed by atoms with Crippen molar-refractivity contribution >= 4 is 17.2 Å². The van der Waals surface area contributed by atoms with Gasteiger partial charge in [-0.3, -0.25) is 4.68 Å². The third-order valence-electron chi connectivity index (χ3n) is 5.89. The summed E-state index contributed by atoms with van der Waals surface area (Å²) in [6.45, 7) is 5.11. The summed E-state index contributed by atoms with van der Waals surface area (Å²) in [6.07, 6.45) is 6.68. The van der Waals surface area contributed by atoms with Crippen molar-refractivity contribution in [3.05, 3.63) is 30.4 Å². The molecule has 1 spiro atoms. The molecule has 27 heavy (non-hydrogen) atoms. The van der Waals surface area contributed by atoms with Crippen molar-refractivity contribution in [1.82, 2.24) is 34.9 Å². The first-order valence-corrected chi connectivity index (χ1v) is 9.59. The number of aromatic amines is 1. The fraction of sp³-hybridized carbons (Fsp3) is 0.474. The average molecular weight is 365 g/mol. The Morgan fingerprint density at radius 2 is 2.22 bits per heavy atom. The van der Waals surface area contributed by atoms with Gasteiger partial charge < -0.3 is 15.2 Å². The Bertz CT molecular complexity index is 1010. The van der Waals surface area contributed by atoms with Gasteiger partial charge in [0.15, 0.2) is 5.65 Å². The number of rotatable bonds is 2. The molecule has 8 heteroatoms. The van der Waals surface area contributed by atoms with E-state index in [1.807, 2.05) is 24.1 Å². The highest BCUT2D eigenvalue weighted by Gasteiger charge is 2.45. The van der Waals surface area contributed by atoms with Gasteiger partial charge in [-0.25, -0.2) is 14.8 Å². The van der Waals surface area contributed by atoms with Crippen molar-refractivity contribution in [1.29, 1.82) is 0 Å². The molecule has 3 aromatic heterocycles. The summed E-state index contributed by atoms with van der Waals surface area (Å²) in [5.74, 6) is 0. The van der Waals surface area contributed by atoms with Crippen LogP contribution in [-0.4, -0.2) is 55.3 Å². The minimum Gasteiger partial charge on any atom is -0.343 e. The minimum atomic E-state index is 0.0140. The Labute approximate surface area is 157 Å². The minimum absolute atomic E-state index is 0.0140. The summed E-state index contributed by atoms with van der Waals surface area (Å²) in [5.41, 5.74) is 4.82. The zero-order chi connectivity index (χ0) is 18.4. The van der Waals surface area contributed by atoms with Gasteiger partial charge in [-0.1, -0.05) is 0 Å². The number of fused-ring (bicyclic) bond motifs is 3. The highest BCUT2D eigenvalue weighted by atomic mass is 16.2. The highest BCUT2D eigenvalue weighted by Crippen LogP contribution is 2.42. The van der Waals surface area contributed by atoms with Crippen LogP contribution in [0.1, 0.15) is 31.9 Å². The summed E-state index contributed by atoms with van der Waals surface area (Å²) >= 11 is 0. The summed E-state index contributed by atoms with van der Waals surface area (Å²) in [7, 11) is 0. The third kappa shape index (κ3) is 2.58. The number of hydrogen-bond acceptors (Lipinski definition) is 4. The fourth-order valence-electron chi connectivity index (χ4n) is 4.54. The van der Waals surface area contributed by atoms with Crippen LogP contribution in [0.5, 0.6) is 0 Å². The van der Waals surface area contributed by atoms with E-state index < -0.39 is 0 Å². The molecule has 3 aromatic rings. The Morgan fingerprint density at radius 1 is 1.30 bits per heavy atom. The molecule has 2 N–H and O–H groups in total. The van der Waals surface area contributed by atoms with E-state index in [1.54, 1.807) is 6.33 Å². The molecule has 0 saturated carbocycles. The number of aryl methyl sites for hydroxylation is 1. The number of aromatic nitrogens is 5. The van der Waals surface area contributed by atoms with Gasteiger partial charge in [0.05, 0.1) is 17.5 Å². The number of carbonyl (C=O) groups excluding carboxylic acids is 1. The van der Waals surface area contributed by atoms with E-state index in [9.17, 15) is 4.79 Å². The number of urea groups is 1. The molecule has 0 radical (unpaired) electrons. The van der Waals surface area contributed by atoms with Gasteiger partial charge in [0, 0.05) is 49.0 Å². The number of hydrogen-bond donors (Lipinski definition) is 2. The molecule has 2 aliphatic heterocycles. The van der Waals surface area contributed by atoms with Crippen LogP contribution >= 0.6 is 0 Å². The second-order valence-electron chi connectivity index (χ2n) is 7.53. The molecule has 1 fully saturated rings. The fourth-order valence-corrected chi connectivity index (χ4v) is 4.54. The Morgan fingerprint density at radius 3 is 3.11 bits per heavy atom. The maximum atomic E-state index is 12.3. The van der Waals surface area contributed by atoms with E-state index in [1.165, 1.54) is 5.69 Å². The lowest BCUT2D eigenvalue weighted by Crippen LogP contribution is -2.42. The lowest BCUT2D eigenvalue weighted by molar-refractivity contribution is 0.203. The van der Waals surface area contributed by atoms with Crippen molar-refractivity contribution in [2.75, 3.05) is 19.6 Å². The largest absolute Gasteiger partial charge is 0.343 e. The number of H-pyrrole nitrogens is 1. The maximum absolute atomic E-state index is 12.3. The van der Waals surface area contributed by atoms with Crippen LogP contribution in [-0.2, 0) is 12.0 Å². The summed E-state index contributed by atoms with van der Waals surface area (Å²) in [4.78, 5) is 25.9. The SMILES string of the molecule is CCNC(=O)N1CCC2(CCCn3nc(-c4cnc5nc[nH]c5c4)cc32)C1. The normalized spacial score (nSPS) is 21.7. The lowest BCUT2D eigenvalue weighted by Gasteiger charge is -2.34. The van der Waals surface area contributed by atoms with Gasteiger partial charge in [0.25, 0.3) is 0 Å². The third-order valence-corrected chi connectivity index (χ3v) is 5.89. The summed E-state index contributed by atoms with van der Waals surface area (Å²) in [6, 6.07) is 4.28. The number of pyridine rings is 1. The van der Waals surface area contributed by atoms with Gasteiger partial charge >= 0.3 is 6.03 Å². The number of nitrogens with one attached hydrogen (secondary N) is 2. The predicted octanol–water partition coefficient (Wildman–Crippen LogP) is 2.29. The topological polar surface area (TPSA) is 91.7 Å². The molecule has 8 nitrogen and oxygen atoms in total. The second kappa shape index (κ2) is 6.07. The smallest absolute Gasteiger partial charge is 0.317 e. The van der Waals surface area contributed by atoms with Gasteiger partial charge in [0.2, 0.25) is 0 Å². The summed E-state index contributed by atoms with van der Waals surface area (Å²) in [5, 5.41) is 7.79. The van der Waals surface area contributed by atoms with Crippen molar-refractivity contribution < 1.29 is 4.79 Å². The molecule has 0 aromatic carbocycles. The van der Waals surface area contributed by atoms with Crippen LogP contribution in [0, 0.1) is 0 Å². The van der Waals surface area contributed by atoms with E-state index in [0.717, 1.165) is 55.7 Å². The number of nitrogens with zero attached hydrogens (tertiary/aromatic N) is 5. The molecule has 0 aliphatic carbocycles. The predicted molar refractivity (Wildman–Crippen MR) is 101 cm³/mol. The van der Waals surface area contributed by atoms with Crippen LogP contribution < -0.4 is 5.32 Å². The molecule has 0 bridgehead atoms. The monoisotopic (exact) mass is 365 g/mol. The van der Waals surface area contributed by atoms with E-state index in [0.29, 0.717) is 12.2 Å². The van der Waals surface area contributed by atoms with Crippen LogP contribution in [0.15, 0.2) is 24.7 Å². The van der Waals surface area contributed by atoms with E-state index in [4.69, 9.17) is 5.10 Å². The molecule has 1 saturated heterocycles. The molecule has 1 atom stereocenters. The van der Waals surface area contributed by atoms with Crippen molar-refractivity contribution in [3.8, 4) is 11.3 Å². The zero-order valence-electron chi connectivity index (χ0n) is 15.4. The first kappa shape index (κ1) is 16.3. The van der Waals surface area contributed by atoms with Crippen molar-refractivity contribution in [2.45, 2.75) is 38.1 Å². The lowest BCUT2D eigenvalue weighted by atomic mass is 9.77. The van der Waals surface area contributed by atoms with Crippen LogP contribution in [0.2, 0.25) is 0 Å². The number of amides is 2.